The number of carbonyl (C=O) groups excluding carboxylic acids is 1. The summed E-state index contributed by atoms with van der Waals surface area (Å²) in [6, 6.07) is 5.79. The van der Waals surface area contributed by atoms with Gasteiger partial charge in [-0.3, -0.25) is 9.48 Å². The average molecular weight is 228 g/mol. The van der Waals surface area contributed by atoms with Gasteiger partial charge in [-0.2, -0.15) is 5.10 Å². The molecule has 0 saturated heterocycles. The van der Waals surface area contributed by atoms with Gasteiger partial charge in [-0.05, 0) is 38.0 Å². The summed E-state index contributed by atoms with van der Waals surface area (Å²) in [5, 5.41) is 4.26. The van der Waals surface area contributed by atoms with Crippen LogP contribution in [0.25, 0.3) is 11.1 Å². The van der Waals surface area contributed by atoms with Crippen molar-refractivity contribution >= 4 is 5.78 Å². The average Bonchev–Trinajstić information content (AvgIpc) is 2.77. The molecule has 88 valence electrons. The molecule has 3 heteroatoms. The van der Waals surface area contributed by atoms with Crippen LogP contribution in [0, 0.1) is 6.92 Å². The fourth-order valence-electron chi connectivity index (χ4n) is 1.88. The van der Waals surface area contributed by atoms with Gasteiger partial charge in [-0.25, -0.2) is 0 Å². The maximum atomic E-state index is 11.3. The minimum atomic E-state index is 0.101. The second kappa shape index (κ2) is 4.53. The van der Waals surface area contributed by atoms with Crippen LogP contribution < -0.4 is 0 Å². The van der Waals surface area contributed by atoms with E-state index in [0.29, 0.717) is 0 Å². The first-order valence-corrected chi connectivity index (χ1v) is 5.76. The Labute approximate surface area is 101 Å². The summed E-state index contributed by atoms with van der Waals surface area (Å²) < 4.78 is 1.90. The molecule has 0 fully saturated rings. The van der Waals surface area contributed by atoms with Crippen LogP contribution in [0.3, 0.4) is 0 Å². The normalized spacial score (nSPS) is 10.5. The third-order valence-corrected chi connectivity index (χ3v) is 2.90. The van der Waals surface area contributed by atoms with E-state index in [0.717, 1.165) is 28.8 Å². The molecule has 2 rings (SSSR count). The molecule has 0 unspecified atom stereocenters. The first-order chi connectivity index (χ1) is 8.11. The standard InChI is InChI=1S/C14H16N2O/c1-4-16-9-13(8-15-16)14-6-5-12(11(3)17)7-10(14)2/h5-9H,4H2,1-3H3. The number of hydrogen-bond donors (Lipinski definition) is 0. The molecule has 0 aliphatic heterocycles. The lowest BCUT2D eigenvalue weighted by Crippen LogP contribution is -1.94. The van der Waals surface area contributed by atoms with Crippen LogP contribution in [0.1, 0.15) is 29.8 Å². The van der Waals surface area contributed by atoms with Gasteiger partial charge in [-0.1, -0.05) is 12.1 Å². The number of aryl methyl sites for hydroxylation is 2. The molecular formula is C14H16N2O. The van der Waals surface area contributed by atoms with Gasteiger partial charge in [0.15, 0.2) is 5.78 Å². The van der Waals surface area contributed by atoms with E-state index in [9.17, 15) is 4.79 Å². The zero-order valence-corrected chi connectivity index (χ0v) is 10.4. The summed E-state index contributed by atoms with van der Waals surface area (Å²) in [7, 11) is 0. The molecule has 0 aliphatic carbocycles. The highest BCUT2D eigenvalue weighted by atomic mass is 16.1. The van der Waals surface area contributed by atoms with E-state index in [2.05, 4.69) is 12.0 Å². The van der Waals surface area contributed by atoms with Gasteiger partial charge < -0.3 is 0 Å². The lowest BCUT2D eigenvalue weighted by Gasteiger charge is -2.04. The van der Waals surface area contributed by atoms with Crippen molar-refractivity contribution in [3.8, 4) is 11.1 Å². The Kier molecular flexibility index (Phi) is 3.09. The van der Waals surface area contributed by atoms with Crippen LogP contribution in [-0.2, 0) is 6.54 Å². The number of benzene rings is 1. The van der Waals surface area contributed by atoms with Crippen LogP contribution >= 0.6 is 0 Å². The molecule has 0 radical (unpaired) electrons. The molecule has 0 atom stereocenters. The fraction of sp³-hybridized carbons (Fsp3) is 0.286. The van der Waals surface area contributed by atoms with Crippen molar-refractivity contribution in [1.29, 1.82) is 0 Å². The SMILES string of the molecule is CCn1cc(-c2ccc(C(C)=O)cc2C)cn1. The van der Waals surface area contributed by atoms with Crippen molar-refractivity contribution in [3.63, 3.8) is 0 Å². The van der Waals surface area contributed by atoms with Crippen molar-refractivity contribution in [2.75, 3.05) is 0 Å². The third kappa shape index (κ3) is 2.28. The minimum absolute atomic E-state index is 0.101. The number of ketones is 1. The Morgan fingerprint density at radius 2 is 2.18 bits per heavy atom. The summed E-state index contributed by atoms with van der Waals surface area (Å²) in [4.78, 5) is 11.3. The van der Waals surface area contributed by atoms with E-state index < -0.39 is 0 Å². The van der Waals surface area contributed by atoms with Gasteiger partial charge in [0.05, 0.1) is 6.20 Å². The molecule has 0 amide bonds. The largest absolute Gasteiger partial charge is 0.295 e. The summed E-state index contributed by atoms with van der Waals surface area (Å²) in [5.41, 5.74) is 4.09. The second-order valence-corrected chi connectivity index (χ2v) is 4.17. The van der Waals surface area contributed by atoms with E-state index in [4.69, 9.17) is 0 Å². The molecule has 3 nitrogen and oxygen atoms in total. The molecule has 1 aromatic carbocycles. The highest BCUT2D eigenvalue weighted by molar-refractivity contribution is 5.94. The molecule has 0 aliphatic rings. The molecule has 0 bridgehead atoms. The van der Waals surface area contributed by atoms with Crippen molar-refractivity contribution < 1.29 is 4.79 Å². The van der Waals surface area contributed by atoms with E-state index in [-0.39, 0.29) is 5.78 Å². The predicted octanol–water partition coefficient (Wildman–Crippen LogP) is 3.08. The van der Waals surface area contributed by atoms with Gasteiger partial charge in [0, 0.05) is 23.9 Å². The molecule has 2 aromatic rings. The fourth-order valence-corrected chi connectivity index (χ4v) is 1.88. The van der Waals surface area contributed by atoms with E-state index in [1.54, 1.807) is 6.92 Å². The number of nitrogens with zero attached hydrogens (tertiary/aromatic N) is 2. The van der Waals surface area contributed by atoms with E-state index >= 15 is 0 Å². The molecule has 1 heterocycles. The third-order valence-electron chi connectivity index (χ3n) is 2.90. The lowest BCUT2D eigenvalue weighted by atomic mass is 9.99. The topological polar surface area (TPSA) is 34.9 Å². The van der Waals surface area contributed by atoms with E-state index in [1.165, 1.54) is 0 Å². The Morgan fingerprint density at radius 1 is 1.41 bits per heavy atom. The predicted molar refractivity (Wildman–Crippen MR) is 68.1 cm³/mol. The zero-order chi connectivity index (χ0) is 12.4. The van der Waals surface area contributed by atoms with Crippen LogP contribution in [0.4, 0.5) is 0 Å². The minimum Gasteiger partial charge on any atom is -0.295 e. The second-order valence-electron chi connectivity index (χ2n) is 4.17. The Balaban J connectivity index is 2.42. The van der Waals surface area contributed by atoms with Crippen molar-refractivity contribution in [1.82, 2.24) is 9.78 Å². The van der Waals surface area contributed by atoms with Gasteiger partial charge in [0.1, 0.15) is 0 Å². The smallest absolute Gasteiger partial charge is 0.159 e. The van der Waals surface area contributed by atoms with Crippen LogP contribution in [0.15, 0.2) is 30.6 Å². The highest BCUT2D eigenvalue weighted by Crippen LogP contribution is 2.23. The number of hydrogen-bond acceptors (Lipinski definition) is 2. The molecular weight excluding hydrogens is 212 g/mol. The van der Waals surface area contributed by atoms with Crippen LogP contribution in [-0.4, -0.2) is 15.6 Å². The first-order valence-electron chi connectivity index (χ1n) is 5.76. The Hall–Kier alpha value is -1.90. The number of rotatable bonds is 3. The van der Waals surface area contributed by atoms with Crippen molar-refractivity contribution in [3.05, 3.63) is 41.7 Å². The summed E-state index contributed by atoms with van der Waals surface area (Å²) in [6.45, 7) is 6.53. The van der Waals surface area contributed by atoms with Crippen LogP contribution in [0.5, 0.6) is 0 Å². The van der Waals surface area contributed by atoms with Crippen molar-refractivity contribution in [2.45, 2.75) is 27.3 Å². The van der Waals surface area contributed by atoms with Gasteiger partial charge in [-0.15, -0.1) is 0 Å². The molecule has 17 heavy (non-hydrogen) atoms. The number of Topliss-reactive ketones (excluding diaryl/α,β-unsaturated/α-hetero) is 1. The lowest BCUT2D eigenvalue weighted by molar-refractivity contribution is 0.101. The quantitative estimate of drug-likeness (QED) is 0.757. The summed E-state index contributed by atoms with van der Waals surface area (Å²) in [6.07, 6.45) is 3.88. The van der Waals surface area contributed by atoms with Gasteiger partial charge >= 0.3 is 0 Å². The van der Waals surface area contributed by atoms with Crippen LogP contribution in [0.2, 0.25) is 0 Å². The molecule has 0 spiro atoms. The maximum absolute atomic E-state index is 11.3. The number of aromatic nitrogens is 2. The molecule has 0 saturated carbocycles. The number of carbonyl (C=O) groups is 1. The summed E-state index contributed by atoms with van der Waals surface area (Å²) >= 11 is 0. The van der Waals surface area contributed by atoms with Gasteiger partial charge in [0.25, 0.3) is 0 Å². The Morgan fingerprint density at radius 3 is 2.71 bits per heavy atom. The Bertz CT molecular complexity index is 555. The highest BCUT2D eigenvalue weighted by Gasteiger charge is 2.07. The van der Waals surface area contributed by atoms with Gasteiger partial charge in [0.2, 0.25) is 0 Å². The monoisotopic (exact) mass is 228 g/mol. The zero-order valence-electron chi connectivity index (χ0n) is 10.4. The molecule has 1 aromatic heterocycles. The first kappa shape index (κ1) is 11.6. The van der Waals surface area contributed by atoms with Crippen molar-refractivity contribution in [2.24, 2.45) is 0 Å². The summed E-state index contributed by atoms with van der Waals surface area (Å²) in [5.74, 6) is 0.101. The van der Waals surface area contributed by atoms with E-state index in [1.807, 2.05) is 42.2 Å². The molecule has 0 N–H and O–H groups in total. The maximum Gasteiger partial charge on any atom is 0.159 e.